The van der Waals surface area contributed by atoms with Gasteiger partial charge in [0.2, 0.25) is 0 Å². The standard InChI is InChI=1S/C26H32O7/c1-16-18-11-10-17(7-6-14-26(2)24(33-26)23(18)32-25(16)28)15-31-22(27)13-12-19-20(29-3)8-5-9-21(19)30-4/h5,7-9,12-13,16,18,23-24H,6,10-11,14-15H2,1-4H3/b13-12+,17-7+/t16-,18-,23-,24-,26+/m0/s1. The van der Waals surface area contributed by atoms with Gasteiger partial charge >= 0.3 is 11.9 Å². The lowest BCUT2D eigenvalue weighted by Crippen LogP contribution is -2.30. The van der Waals surface area contributed by atoms with Crippen molar-refractivity contribution in [2.75, 3.05) is 20.8 Å². The number of epoxide rings is 1. The second-order valence-electron chi connectivity index (χ2n) is 9.16. The van der Waals surface area contributed by atoms with Gasteiger partial charge in [-0.1, -0.05) is 19.1 Å². The van der Waals surface area contributed by atoms with Crippen LogP contribution in [0.4, 0.5) is 0 Å². The first-order valence-corrected chi connectivity index (χ1v) is 11.5. The van der Waals surface area contributed by atoms with Gasteiger partial charge in [0, 0.05) is 12.0 Å². The van der Waals surface area contributed by atoms with E-state index in [0.29, 0.717) is 17.1 Å². The molecule has 7 nitrogen and oxygen atoms in total. The second-order valence-corrected chi connectivity index (χ2v) is 9.16. The van der Waals surface area contributed by atoms with Gasteiger partial charge < -0.3 is 23.7 Å². The van der Waals surface area contributed by atoms with E-state index in [1.165, 1.54) is 6.08 Å². The number of esters is 2. The van der Waals surface area contributed by atoms with Crippen molar-refractivity contribution in [2.45, 2.75) is 57.3 Å². The van der Waals surface area contributed by atoms with Crippen LogP contribution in [0.2, 0.25) is 0 Å². The van der Waals surface area contributed by atoms with Crippen LogP contribution in [0.3, 0.4) is 0 Å². The molecule has 1 aliphatic carbocycles. The van der Waals surface area contributed by atoms with Crippen LogP contribution in [0.15, 0.2) is 35.9 Å². The maximum atomic E-state index is 12.4. The van der Waals surface area contributed by atoms with Crippen LogP contribution in [-0.2, 0) is 23.8 Å². The molecule has 1 aromatic carbocycles. The number of allylic oxidation sites excluding steroid dienone is 1. The number of carbonyl (C=O) groups is 2. The average molecular weight is 457 g/mol. The summed E-state index contributed by atoms with van der Waals surface area (Å²) in [5, 5.41) is 0. The minimum absolute atomic E-state index is 0.0127. The maximum Gasteiger partial charge on any atom is 0.331 e. The summed E-state index contributed by atoms with van der Waals surface area (Å²) >= 11 is 0. The summed E-state index contributed by atoms with van der Waals surface area (Å²) in [4.78, 5) is 24.6. The minimum Gasteiger partial charge on any atom is -0.496 e. The SMILES string of the molecule is COc1cccc(OC)c1/C=C/C(=O)OC/C1=C/CC[C@@]2(C)O[C@H]2[C@H]2OC(=O)[C@@H](C)[C@@H]2CC1. The molecule has 2 saturated heterocycles. The van der Waals surface area contributed by atoms with Crippen LogP contribution in [0.5, 0.6) is 11.5 Å². The van der Waals surface area contributed by atoms with Crippen LogP contribution in [0.25, 0.3) is 6.08 Å². The van der Waals surface area contributed by atoms with E-state index < -0.39 is 5.97 Å². The Morgan fingerprint density at radius 2 is 1.97 bits per heavy atom. The molecule has 2 fully saturated rings. The molecule has 2 heterocycles. The van der Waals surface area contributed by atoms with Gasteiger partial charge in [-0.3, -0.25) is 4.79 Å². The highest BCUT2D eigenvalue weighted by Gasteiger charge is 2.62. The molecule has 0 saturated carbocycles. The van der Waals surface area contributed by atoms with Crippen LogP contribution < -0.4 is 9.47 Å². The van der Waals surface area contributed by atoms with Crippen LogP contribution in [-0.4, -0.2) is 50.6 Å². The lowest BCUT2D eigenvalue weighted by molar-refractivity contribution is -0.144. The largest absolute Gasteiger partial charge is 0.496 e. The molecule has 0 amide bonds. The van der Waals surface area contributed by atoms with Crippen molar-refractivity contribution in [3.05, 3.63) is 41.5 Å². The summed E-state index contributed by atoms with van der Waals surface area (Å²) in [6.07, 6.45) is 8.19. The van der Waals surface area contributed by atoms with Gasteiger partial charge in [0.25, 0.3) is 0 Å². The van der Waals surface area contributed by atoms with Crippen molar-refractivity contribution in [2.24, 2.45) is 11.8 Å². The highest BCUT2D eigenvalue weighted by molar-refractivity contribution is 5.88. The fraction of sp³-hybridized carbons (Fsp3) is 0.538. The molecule has 3 aliphatic rings. The van der Waals surface area contributed by atoms with Gasteiger partial charge in [-0.25, -0.2) is 4.79 Å². The van der Waals surface area contributed by atoms with Crippen molar-refractivity contribution in [1.82, 2.24) is 0 Å². The van der Waals surface area contributed by atoms with E-state index in [2.05, 4.69) is 13.0 Å². The fourth-order valence-electron chi connectivity index (χ4n) is 4.92. The van der Waals surface area contributed by atoms with Crippen molar-refractivity contribution >= 4 is 18.0 Å². The molecule has 33 heavy (non-hydrogen) atoms. The lowest BCUT2D eigenvalue weighted by atomic mass is 9.81. The molecule has 0 bridgehead atoms. The molecule has 4 rings (SSSR count). The Labute approximate surface area is 194 Å². The van der Waals surface area contributed by atoms with E-state index in [-0.39, 0.29) is 42.2 Å². The van der Waals surface area contributed by atoms with Crippen molar-refractivity contribution in [3.63, 3.8) is 0 Å². The number of benzene rings is 1. The van der Waals surface area contributed by atoms with Gasteiger partial charge in [0.05, 0.1) is 31.3 Å². The number of hydrogen-bond donors (Lipinski definition) is 0. The van der Waals surface area contributed by atoms with Gasteiger partial charge in [0.1, 0.15) is 30.3 Å². The topological polar surface area (TPSA) is 83.6 Å². The molecular weight excluding hydrogens is 424 g/mol. The van der Waals surface area contributed by atoms with E-state index >= 15 is 0 Å². The second kappa shape index (κ2) is 9.59. The van der Waals surface area contributed by atoms with Crippen molar-refractivity contribution < 1.29 is 33.3 Å². The third-order valence-electron chi connectivity index (χ3n) is 7.05. The Kier molecular flexibility index (Phi) is 6.79. The molecule has 0 N–H and O–H groups in total. The Hall–Kier alpha value is -2.80. The van der Waals surface area contributed by atoms with E-state index in [1.54, 1.807) is 32.4 Å². The molecule has 2 aliphatic heterocycles. The number of fused-ring (bicyclic) bond motifs is 3. The normalized spacial score (nSPS) is 32.7. The van der Waals surface area contributed by atoms with Crippen LogP contribution in [0.1, 0.15) is 45.1 Å². The molecule has 0 unspecified atom stereocenters. The lowest BCUT2D eigenvalue weighted by Gasteiger charge is -2.21. The first-order chi connectivity index (χ1) is 15.9. The predicted octanol–water partition coefficient (Wildman–Crippen LogP) is 4.10. The summed E-state index contributed by atoms with van der Waals surface area (Å²) in [6.45, 7) is 4.23. The number of hydrogen-bond acceptors (Lipinski definition) is 7. The Bertz CT molecular complexity index is 943. The zero-order chi connectivity index (χ0) is 23.6. The first-order valence-electron chi connectivity index (χ1n) is 11.5. The smallest absolute Gasteiger partial charge is 0.331 e. The Morgan fingerprint density at radius 3 is 2.67 bits per heavy atom. The average Bonchev–Trinajstić information content (AvgIpc) is 3.40. The molecule has 1 aromatic rings. The van der Waals surface area contributed by atoms with Crippen LogP contribution in [0, 0.1) is 11.8 Å². The maximum absolute atomic E-state index is 12.4. The number of rotatable bonds is 6. The Balaban J connectivity index is 1.40. The molecule has 0 spiro atoms. The molecule has 0 aromatic heterocycles. The van der Waals surface area contributed by atoms with Gasteiger partial charge in [-0.2, -0.15) is 0 Å². The highest BCUT2D eigenvalue weighted by atomic mass is 16.6. The van der Waals surface area contributed by atoms with Gasteiger partial charge in [-0.05, 0) is 56.4 Å². The highest BCUT2D eigenvalue weighted by Crippen LogP contribution is 2.50. The van der Waals surface area contributed by atoms with E-state index in [0.717, 1.165) is 31.3 Å². The number of carbonyl (C=O) groups excluding carboxylic acids is 2. The molecule has 0 radical (unpaired) electrons. The van der Waals surface area contributed by atoms with E-state index in [9.17, 15) is 9.59 Å². The third-order valence-corrected chi connectivity index (χ3v) is 7.05. The van der Waals surface area contributed by atoms with Crippen molar-refractivity contribution in [3.8, 4) is 11.5 Å². The zero-order valence-electron chi connectivity index (χ0n) is 19.7. The summed E-state index contributed by atoms with van der Waals surface area (Å²) in [7, 11) is 3.14. The van der Waals surface area contributed by atoms with Crippen LogP contribution >= 0.6 is 0 Å². The van der Waals surface area contributed by atoms with E-state index in [4.69, 9.17) is 23.7 Å². The number of methoxy groups -OCH3 is 2. The molecule has 178 valence electrons. The van der Waals surface area contributed by atoms with Gasteiger partial charge in [0.15, 0.2) is 0 Å². The quantitative estimate of drug-likeness (QED) is 0.276. The first kappa shape index (κ1) is 23.4. The molecule has 7 heteroatoms. The third kappa shape index (κ3) is 4.93. The monoisotopic (exact) mass is 456 g/mol. The number of ether oxygens (including phenoxy) is 5. The summed E-state index contributed by atoms with van der Waals surface area (Å²) in [6, 6.07) is 5.43. The van der Waals surface area contributed by atoms with Crippen molar-refractivity contribution in [1.29, 1.82) is 0 Å². The van der Waals surface area contributed by atoms with E-state index in [1.807, 2.05) is 13.0 Å². The molecule has 5 atom stereocenters. The summed E-state index contributed by atoms with van der Waals surface area (Å²) in [5.41, 5.74) is 1.48. The Morgan fingerprint density at radius 1 is 1.24 bits per heavy atom. The molecular formula is C26H32O7. The fourth-order valence-corrected chi connectivity index (χ4v) is 4.92. The predicted molar refractivity (Wildman–Crippen MR) is 122 cm³/mol. The summed E-state index contributed by atoms with van der Waals surface area (Å²) in [5.74, 6) is 0.601. The minimum atomic E-state index is -0.441. The zero-order valence-corrected chi connectivity index (χ0v) is 19.7. The summed E-state index contributed by atoms with van der Waals surface area (Å²) < 4.78 is 27.9. The van der Waals surface area contributed by atoms with Gasteiger partial charge in [-0.15, -0.1) is 0 Å².